The summed E-state index contributed by atoms with van der Waals surface area (Å²) in [7, 11) is 0. The molecule has 0 radical (unpaired) electrons. The van der Waals surface area contributed by atoms with Crippen LogP contribution >= 0.6 is 34.7 Å². The van der Waals surface area contributed by atoms with E-state index in [1.54, 1.807) is 35.5 Å². The Hall–Kier alpha value is -3.00. The van der Waals surface area contributed by atoms with E-state index < -0.39 is 0 Å². The first-order valence-corrected chi connectivity index (χ1v) is 12.2. The van der Waals surface area contributed by atoms with Gasteiger partial charge in [-0.1, -0.05) is 59.8 Å². The molecular formula is C24H18ClN5S2. The van der Waals surface area contributed by atoms with Gasteiger partial charge in [0.2, 0.25) is 0 Å². The molecule has 3 aromatic heterocycles. The van der Waals surface area contributed by atoms with Gasteiger partial charge in [-0.15, -0.1) is 21.5 Å². The molecule has 5 aromatic rings. The van der Waals surface area contributed by atoms with Gasteiger partial charge in [-0.3, -0.25) is 9.55 Å². The quantitative estimate of drug-likeness (QED) is 0.255. The van der Waals surface area contributed by atoms with E-state index in [0.717, 1.165) is 44.1 Å². The number of aromatic nitrogens is 5. The Kier molecular flexibility index (Phi) is 6.03. The average Bonchev–Trinajstić information content (AvgIpc) is 3.48. The first kappa shape index (κ1) is 20.9. The van der Waals surface area contributed by atoms with Gasteiger partial charge in [0, 0.05) is 39.7 Å². The third-order valence-corrected chi connectivity index (χ3v) is 7.29. The summed E-state index contributed by atoms with van der Waals surface area (Å²) in [6.07, 6.45) is 3.51. The Morgan fingerprint density at radius 2 is 1.75 bits per heavy atom. The Labute approximate surface area is 199 Å². The molecule has 0 aliphatic rings. The normalized spacial score (nSPS) is 11.1. The minimum atomic E-state index is 0.692. The van der Waals surface area contributed by atoms with Crippen molar-refractivity contribution in [2.45, 2.75) is 17.8 Å². The van der Waals surface area contributed by atoms with Crippen LogP contribution in [0.4, 0.5) is 0 Å². The van der Waals surface area contributed by atoms with Gasteiger partial charge in [-0.25, -0.2) is 4.98 Å². The topological polar surface area (TPSA) is 56.5 Å². The number of thiazole rings is 1. The maximum Gasteiger partial charge on any atom is 0.196 e. The average molecular weight is 476 g/mol. The van der Waals surface area contributed by atoms with Crippen LogP contribution < -0.4 is 0 Å². The van der Waals surface area contributed by atoms with Crippen molar-refractivity contribution in [3.8, 4) is 27.6 Å². The lowest BCUT2D eigenvalue weighted by atomic mass is 10.2. The highest BCUT2D eigenvalue weighted by Crippen LogP contribution is 2.33. The number of benzene rings is 2. The van der Waals surface area contributed by atoms with Gasteiger partial charge in [-0.2, -0.15) is 0 Å². The van der Waals surface area contributed by atoms with E-state index in [-0.39, 0.29) is 0 Å². The largest absolute Gasteiger partial charge is 0.270 e. The standard InChI is InChI=1S/C24H18ClN5S2/c1-16-20(25)8-5-9-21(16)30-22(17-10-12-26-13-11-17)28-29-24(30)32-15-19-14-31-23(27-19)18-6-3-2-4-7-18/h2-14H,15H2,1H3. The molecule has 5 rings (SSSR count). The second kappa shape index (κ2) is 9.24. The molecule has 0 aliphatic heterocycles. The molecule has 0 saturated heterocycles. The highest BCUT2D eigenvalue weighted by atomic mass is 35.5. The fraction of sp³-hybridized carbons (Fsp3) is 0.0833. The highest BCUT2D eigenvalue weighted by Gasteiger charge is 2.19. The zero-order chi connectivity index (χ0) is 21.9. The van der Waals surface area contributed by atoms with E-state index in [9.17, 15) is 0 Å². The molecule has 0 atom stereocenters. The van der Waals surface area contributed by atoms with Crippen molar-refractivity contribution in [1.29, 1.82) is 0 Å². The van der Waals surface area contributed by atoms with E-state index in [0.29, 0.717) is 10.8 Å². The molecule has 0 bridgehead atoms. The van der Waals surface area contributed by atoms with Crippen molar-refractivity contribution in [2.24, 2.45) is 0 Å². The minimum Gasteiger partial charge on any atom is -0.270 e. The summed E-state index contributed by atoms with van der Waals surface area (Å²) in [5.41, 5.74) is 5.03. The molecule has 0 aliphatic carbocycles. The van der Waals surface area contributed by atoms with E-state index in [4.69, 9.17) is 16.6 Å². The fourth-order valence-electron chi connectivity index (χ4n) is 3.33. The van der Waals surface area contributed by atoms with Gasteiger partial charge < -0.3 is 0 Å². The molecule has 2 aromatic carbocycles. The zero-order valence-electron chi connectivity index (χ0n) is 17.1. The Bertz CT molecular complexity index is 1350. The van der Waals surface area contributed by atoms with Crippen LogP contribution in [0.2, 0.25) is 5.02 Å². The lowest BCUT2D eigenvalue weighted by Crippen LogP contribution is -2.02. The molecule has 32 heavy (non-hydrogen) atoms. The van der Waals surface area contributed by atoms with Gasteiger partial charge in [0.05, 0.1) is 11.4 Å². The molecule has 0 amide bonds. The van der Waals surface area contributed by atoms with Crippen molar-refractivity contribution in [3.05, 3.63) is 94.7 Å². The molecule has 0 unspecified atom stereocenters. The molecule has 8 heteroatoms. The van der Waals surface area contributed by atoms with Crippen LogP contribution in [-0.4, -0.2) is 24.7 Å². The van der Waals surface area contributed by atoms with Crippen LogP contribution in [-0.2, 0) is 5.75 Å². The SMILES string of the molecule is Cc1c(Cl)cccc1-n1c(SCc2csc(-c3ccccc3)n2)nnc1-c1ccncc1. The summed E-state index contributed by atoms with van der Waals surface area (Å²) in [4.78, 5) is 8.93. The number of pyridine rings is 1. The summed E-state index contributed by atoms with van der Waals surface area (Å²) in [6, 6.07) is 20.0. The van der Waals surface area contributed by atoms with Gasteiger partial charge >= 0.3 is 0 Å². The molecule has 0 spiro atoms. The Balaban J connectivity index is 1.49. The minimum absolute atomic E-state index is 0.692. The first-order valence-electron chi connectivity index (χ1n) is 9.94. The summed E-state index contributed by atoms with van der Waals surface area (Å²) in [6.45, 7) is 2.01. The van der Waals surface area contributed by atoms with Gasteiger partial charge in [0.15, 0.2) is 11.0 Å². The fourth-order valence-corrected chi connectivity index (χ4v) is 5.27. The molecule has 0 saturated carbocycles. The monoisotopic (exact) mass is 475 g/mol. The molecule has 158 valence electrons. The van der Waals surface area contributed by atoms with Gasteiger partial charge in [0.1, 0.15) is 5.01 Å². The predicted octanol–water partition coefficient (Wildman–Crippen LogP) is 6.71. The Morgan fingerprint density at radius 1 is 0.938 bits per heavy atom. The van der Waals surface area contributed by atoms with E-state index >= 15 is 0 Å². The van der Waals surface area contributed by atoms with Crippen molar-refractivity contribution in [3.63, 3.8) is 0 Å². The van der Waals surface area contributed by atoms with Crippen LogP contribution in [0.1, 0.15) is 11.3 Å². The molecule has 3 heterocycles. The number of hydrogen-bond donors (Lipinski definition) is 0. The third-order valence-electron chi connectivity index (χ3n) is 4.97. The summed E-state index contributed by atoms with van der Waals surface area (Å²) in [5, 5.41) is 13.6. The lowest BCUT2D eigenvalue weighted by molar-refractivity contribution is 0.879. The van der Waals surface area contributed by atoms with Crippen molar-refractivity contribution in [2.75, 3.05) is 0 Å². The van der Waals surface area contributed by atoms with Gasteiger partial charge in [-0.05, 0) is 36.8 Å². The highest BCUT2D eigenvalue weighted by molar-refractivity contribution is 7.98. The summed E-state index contributed by atoms with van der Waals surface area (Å²) in [5.74, 6) is 1.45. The van der Waals surface area contributed by atoms with Crippen LogP contribution in [0.25, 0.3) is 27.6 Å². The van der Waals surface area contributed by atoms with E-state index in [1.165, 1.54) is 0 Å². The number of rotatable bonds is 6. The number of thioether (sulfide) groups is 1. The first-order chi connectivity index (χ1) is 15.7. The number of nitrogens with zero attached hydrogens (tertiary/aromatic N) is 5. The predicted molar refractivity (Wildman–Crippen MR) is 131 cm³/mol. The van der Waals surface area contributed by atoms with Crippen LogP contribution in [0.15, 0.2) is 83.6 Å². The summed E-state index contributed by atoms with van der Waals surface area (Å²) < 4.78 is 2.06. The molecule has 0 N–H and O–H groups in total. The van der Waals surface area contributed by atoms with Crippen molar-refractivity contribution in [1.82, 2.24) is 24.7 Å². The van der Waals surface area contributed by atoms with Crippen molar-refractivity contribution >= 4 is 34.7 Å². The summed E-state index contributed by atoms with van der Waals surface area (Å²) >= 11 is 9.70. The number of halogens is 1. The van der Waals surface area contributed by atoms with Crippen LogP contribution in [0, 0.1) is 6.92 Å². The number of hydrogen-bond acceptors (Lipinski definition) is 6. The second-order valence-corrected chi connectivity index (χ2v) is 9.27. The third kappa shape index (κ3) is 4.19. The van der Waals surface area contributed by atoms with Crippen LogP contribution in [0.3, 0.4) is 0 Å². The van der Waals surface area contributed by atoms with Crippen molar-refractivity contribution < 1.29 is 0 Å². The second-order valence-electron chi connectivity index (χ2n) is 7.06. The maximum atomic E-state index is 6.44. The zero-order valence-corrected chi connectivity index (χ0v) is 19.5. The Morgan fingerprint density at radius 3 is 2.56 bits per heavy atom. The van der Waals surface area contributed by atoms with E-state index in [2.05, 4.69) is 37.3 Å². The molecular weight excluding hydrogens is 458 g/mol. The smallest absolute Gasteiger partial charge is 0.196 e. The lowest BCUT2D eigenvalue weighted by Gasteiger charge is -2.13. The van der Waals surface area contributed by atoms with Crippen LogP contribution in [0.5, 0.6) is 0 Å². The van der Waals surface area contributed by atoms with Gasteiger partial charge in [0.25, 0.3) is 0 Å². The molecule has 0 fully saturated rings. The van der Waals surface area contributed by atoms with E-state index in [1.807, 2.05) is 55.5 Å². The molecule has 5 nitrogen and oxygen atoms in total. The maximum absolute atomic E-state index is 6.44.